The molecule has 0 bridgehead atoms. The van der Waals surface area contributed by atoms with E-state index in [4.69, 9.17) is 10.8 Å². The van der Waals surface area contributed by atoms with E-state index < -0.39 is 12.0 Å². The third-order valence-electron chi connectivity index (χ3n) is 2.43. The van der Waals surface area contributed by atoms with Crippen molar-refractivity contribution in [1.29, 1.82) is 0 Å². The molecule has 0 saturated carbocycles. The van der Waals surface area contributed by atoms with Crippen LogP contribution in [0.2, 0.25) is 0 Å². The third kappa shape index (κ3) is 3.75. The Hall–Kier alpha value is -1.55. The standard InChI is InChI=1S/C13H19NO3/c1-13(2,3)7-8-4-5-10(15)9(6-8)11(14)12(16)17/h4-6,11,15H,7,14H2,1-3H3,(H,16,17). The smallest absolute Gasteiger partial charge is 0.325 e. The Bertz CT molecular complexity index is 421. The van der Waals surface area contributed by atoms with Crippen LogP contribution in [0.3, 0.4) is 0 Å². The Kier molecular flexibility index (Phi) is 3.78. The highest BCUT2D eigenvalue weighted by Crippen LogP contribution is 2.27. The molecule has 4 nitrogen and oxygen atoms in total. The molecule has 0 aromatic heterocycles. The van der Waals surface area contributed by atoms with Gasteiger partial charge in [-0.3, -0.25) is 4.79 Å². The van der Waals surface area contributed by atoms with E-state index in [1.165, 1.54) is 6.07 Å². The van der Waals surface area contributed by atoms with E-state index in [0.717, 1.165) is 12.0 Å². The van der Waals surface area contributed by atoms with Gasteiger partial charge in [0.15, 0.2) is 0 Å². The number of nitrogens with two attached hydrogens (primary N) is 1. The summed E-state index contributed by atoms with van der Waals surface area (Å²) in [6.45, 7) is 6.28. The molecular formula is C13H19NO3. The Morgan fingerprint density at radius 3 is 2.47 bits per heavy atom. The molecule has 4 N–H and O–H groups in total. The highest BCUT2D eigenvalue weighted by Gasteiger charge is 2.19. The molecule has 0 heterocycles. The van der Waals surface area contributed by atoms with E-state index in [-0.39, 0.29) is 16.7 Å². The van der Waals surface area contributed by atoms with Crippen molar-refractivity contribution >= 4 is 5.97 Å². The van der Waals surface area contributed by atoms with Crippen LogP contribution in [0.25, 0.3) is 0 Å². The average Bonchev–Trinajstić information content (AvgIpc) is 2.17. The van der Waals surface area contributed by atoms with Crippen molar-refractivity contribution in [3.63, 3.8) is 0 Å². The molecule has 4 heteroatoms. The second kappa shape index (κ2) is 4.75. The van der Waals surface area contributed by atoms with E-state index in [0.29, 0.717) is 0 Å². The van der Waals surface area contributed by atoms with E-state index in [1.54, 1.807) is 12.1 Å². The van der Waals surface area contributed by atoms with Crippen LogP contribution in [-0.2, 0) is 11.2 Å². The van der Waals surface area contributed by atoms with Gasteiger partial charge >= 0.3 is 5.97 Å². The Labute approximate surface area is 101 Å². The van der Waals surface area contributed by atoms with Gasteiger partial charge in [-0.1, -0.05) is 26.8 Å². The lowest BCUT2D eigenvalue weighted by Crippen LogP contribution is -2.21. The SMILES string of the molecule is CC(C)(C)Cc1ccc(O)c(C(N)C(=O)O)c1. The minimum Gasteiger partial charge on any atom is -0.508 e. The van der Waals surface area contributed by atoms with E-state index >= 15 is 0 Å². The molecule has 1 atom stereocenters. The van der Waals surface area contributed by atoms with Crippen LogP contribution in [0.4, 0.5) is 0 Å². The molecular weight excluding hydrogens is 218 g/mol. The molecule has 0 radical (unpaired) electrons. The summed E-state index contributed by atoms with van der Waals surface area (Å²) in [5, 5.41) is 18.5. The maximum Gasteiger partial charge on any atom is 0.325 e. The third-order valence-corrected chi connectivity index (χ3v) is 2.43. The number of carboxylic acid groups (broad SMARTS) is 1. The van der Waals surface area contributed by atoms with Crippen molar-refractivity contribution in [2.45, 2.75) is 33.2 Å². The molecule has 1 rings (SSSR count). The van der Waals surface area contributed by atoms with Crippen LogP contribution in [0, 0.1) is 5.41 Å². The fourth-order valence-electron chi connectivity index (χ4n) is 1.71. The van der Waals surface area contributed by atoms with Crippen LogP contribution in [0.15, 0.2) is 18.2 Å². The first-order valence-corrected chi connectivity index (χ1v) is 5.51. The minimum absolute atomic E-state index is 0.0717. The zero-order valence-electron chi connectivity index (χ0n) is 10.4. The number of carbonyl (C=O) groups is 1. The number of aromatic hydroxyl groups is 1. The molecule has 0 amide bonds. The fraction of sp³-hybridized carbons (Fsp3) is 0.462. The summed E-state index contributed by atoms with van der Waals surface area (Å²) in [4.78, 5) is 10.8. The zero-order valence-corrected chi connectivity index (χ0v) is 10.4. The van der Waals surface area contributed by atoms with E-state index in [9.17, 15) is 9.90 Å². The number of phenols is 1. The second-order valence-corrected chi connectivity index (χ2v) is 5.45. The van der Waals surface area contributed by atoms with Crippen molar-refractivity contribution in [1.82, 2.24) is 0 Å². The summed E-state index contributed by atoms with van der Waals surface area (Å²) in [6.07, 6.45) is 0.798. The molecule has 1 aromatic rings. The lowest BCUT2D eigenvalue weighted by atomic mass is 9.87. The normalized spacial score (nSPS) is 13.4. The molecule has 0 aliphatic heterocycles. The molecule has 0 saturated heterocycles. The molecule has 94 valence electrons. The summed E-state index contributed by atoms with van der Waals surface area (Å²) in [7, 11) is 0. The zero-order chi connectivity index (χ0) is 13.2. The van der Waals surface area contributed by atoms with Gasteiger partial charge in [-0.05, 0) is 29.5 Å². The molecule has 0 spiro atoms. The Morgan fingerprint density at radius 2 is 2.00 bits per heavy atom. The maximum atomic E-state index is 10.8. The van der Waals surface area contributed by atoms with Gasteiger partial charge in [0.25, 0.3) is 0 Å². The number of phenolic OH excluding ortho intramolecular Hbond substituents is 1. The lowest BCUT2D eigenvalue weighted by molar-refractivity contribution is -0.138. The predicted molar refractivity (Wildman–Crippen MR) is 65.8 cm³/mol. The first-order chi connectivity index (χ1) is 7.70. The number of benzene rings is 1. The quantitative estimate of drug-likeness (QED) is 0.751. The van der Waals surface area contributed by atoms with Crippen molar-refractivity contribution < 1.29 is 15.0 Å². The second-order valence-electron chi connectivity index (χ2n) is 5.45. The highest BCUT2D eigenvalue weighted by atomic mass is 16.4. The van der Waals surface area contributed by atoms with E-state index in [2.05, 4.69) is 20.8 Å². The Balaban J connectivity index is 3.06. The summed E-state index contributed by atoms with van der Waals surface area (Å²) in [6, 6.07) is 3.77. The summed E-state index contributed by atoms with van der Waals surface area (Å²) >= 11 is 0. The van der Waals surface area contributed by atoms with Gasteiger partial charge in [0, 0.05) is 5.56 Å². The summed E-state index contributed by atoms with van der Waals surface area (Å²) < 4.78 is 0. The largest absolute Gasteiger partial charge is 0.508 e. The van der Waals surface area contributed by atoms with Gasteiger partial charge < -0.3 is 15.9 Å². The van der Waals surface area contributed by atoms with Crippen molar-refractivity contribution in [3.05, 3.63) is 29.3 Å². The molecule has 0 aliphatic rings. The van der Waals surface area contributed by atoms with Crippen molar-refractivity contribution in [2.24, 2.45) is 11.1 Å². The molecule has 1 aromatic carbocycles. The predicted octanol–water partition coefficient (Wildman–Crippen LogP) is 2.07. The van der Waals surface area contributed by atoms with Gasteiger partial charge in [0.2, 0.25) is 0 Å². The summed E-state index contributed by atoms with van der Waals surface area (Å²) in [5.74, 6) is -1.22. The number of rotatable bonds is 3. The minimum atomic E-state index is -1.19. The topological polar surface area (TPSA) is 83.5 Å². The van der Waals surface area contributed by atoms with Gasteiger partial charge in [-0.15, -0.1) is 0 Å². The van der Waals surface area contributed by atoms with Crippen molar-refractivity contribution in [2.75, 3.05) is 0 Å². The van der Waals surface area contributed by atoms with Gasteiger partial charge in [-0.2, -0.15) is 0 Å². The van der Waals surface area contributed by atoms with Crippen LogP contribution in [0.5, 0.6) is 5.75 Å². The molecule has 17 heavy (non-hydrogen) atoms. The number of carboxylic acids is 1. The van der Waals surface area contributed by atoms with E-state index in [1.807, 2.05) is 0 Å². The first kappa shape index (κ1) is 13.5. The van der Waals surface area contributed by atoms with Crippen LogP contribution in [0.1, 0.15) is 37.9 Å². The average molecular weight is 237 g/mol. The molecule has 0 aliphatic carbocycles. The van der Waals surface area contributed by atoms with Crippen LogP contribution < -0.4 is 5.73 Å². The van der Waals surface area contributed by atoms with Gasteiger partial charge in [-0.25, -0.2) is 0 Å². The van der Waals surface area contributed by atoms with Gasteiger partial charge in [0.05, 0.1) is 0 Å². The highest BCUT2D eigenvalue weighted by molar-refractivity contribution is 5.76. The number of hydrogen-bond donors (Lipinski definition) is 3. The maximum absolute atomic E-state index is 10.8. The number of hydrogen-bond acceptors (Lipinski definition) is 3. The fourth-order valence-corrected chi connectivity index (χ4v) is 1.71. The van der Waals surface area contributed by atoms with Crippen LogP contribution in [-0.4, -0.2) is 16.2 Å². The number of aliphatic carboxylic acids is 1. The molecule has 0 fully saturated rings. The van der Waals surface area contributed by atoms with Crippen molar-refractivity contribution in [3.8, 4) is 5.75 Å². The Morgan fingerprint density at radius 1 is 1.41 bits per heavy atom. The summed E-state index contributed by atoms with van der Waals surface area (Å²) in [5.41, 5.74) is 6.85. The monoisotopic (exact) mass is 237 g/mol. The first-order valence-electron chi connectivity index (χ1n) is 5.51. The van der Waals surface area contributed by atoms with Gasteiger partial charge in [0.1, 0.15) is 11.8 Å². The lowest BCUT2D eigenvalue weighted by Gasteiger charge is -2.19. The molecule has 1 unspecified atom stereocenters. The van der Waals surface area contributed by atoms with Crippen LogP contribution >= 0.6 is 0 Å².